The Labute approximate surface area is 106 Å². The Balaban J connectivity index is 2.51. The van der Waals surface area contributed by atoms with Gasteiger partial charge in [0, 0.05) is 7.05 Å². The number of aromatic nitrogens is 2. The first-order valence-corrected chi connectivity index (χ1v) is 5.75. The Hall–Kier alpha value is -1.72. The second-order valence-corrected chi connectivity index (χ2v) is 4.43. The van der Waals surface area contributed by atoms with E-state index in [1.807, 2.05) is 27.0 Å². The molecule has 0 aliphatic carbocycles. The molecule has 1 unspecified atom stereocenters. The maximum absolute atomic E-state index is 13.4. The largest absolute Gasteiger partial charge is 0.271 e. The molecule has 1 heterocycles. The van der Waals surface area contributed by atoms with Gasteiger partial charge in [0.1, 0.15) is 5.82 Å². The average Bonchev–Trinajstić information content (AvgIpc) is 2.64. The van der Waals surface area contributed by atoms with Gasteiger partial charge in [-0.3, -0.25) is 10.5 Å². The molecule has 1 aromatic heterocycles. The molecule has 0 saturated heterocycles. The summed E-state index contributed by atoms with van der Waals surface area (Å²) >= 11 is 0. The van der Waals surface area contributed by atoms with E-state index < -0.39 is 0 Å². The van der Waals surface area contributed by atoms with Crippen molar-refractivity contribution in [3.8, 4) is 0 Å². The van der Waals surface area contributed by atoms with Gasteiger partial charge < -0.3 is 0 Å². The van der Waals surface area contributed by atoms with Crippen molar-refractivity contribution in [1.29, 1.82) is 0 Å². The van der Waals surface area contributed by atoms with E-state index in [0.717, 1.165) is 22.5 Å². The molecule has 4 nitrogen and oxygen atoms in total. The first kappa shape index (κ1) is 12.7. The summed E-state index contributed by atoms with van der Waals surface area (Å²) in [7, 11) is 1.85. The third-order valence-electron chi connectivity index (χ3n) is 3.05. The maximum atomic E-state index is 13.4. The van der Waals surface area contributed by atoms with Crippen molar-refractivity contribution in [2.45, 2.75) is 19.9 Å². The van der Waals surface area contributed by atoms with Crippen LogP contribution in [0.3, 0.4) is 0 Å². The van der Waals surface area contributed by atoms with Crippen LogP contribution in [-0.2, 0) is 7.05 Å². The number of hydrogen-bond acceptors (Lipinski definition) is 3. The molecule has 0 saturated carbocycles. The molecule has 0 spiro atoms. The quantitative estimate of drug-likeness (QED) is 0.642. The standard InChI is InChI=1S/C13H17FN4/c1-8-4-5-10(14)7-11(8)13(16-15)12-6-9(2)17-18(12)3/h4-7,13,16H,15H2,1-3H3. The van der Waals surface area contributed by atoms with Gasteiger partial charge in [-0.05, 0) is 43.2 Å². The summed E-state index contributed by atoms with van der Waals surface area (Å²) in [6.07, 6.45) is 0. The second-order valence-electron chi connectivity index (χ2n) is 4.43. The van der Waals surface area contributed by atoms with Crippen LogP contribution in [0.4, 0.5) is 4.39 Å². The lowest BCUT2D eigenvalue weighted by Gasteiger charge is -2.18. The van der Waals surface area contributed by atoms with Crippen LogP contribution in [0.15, 0.2) is 24.3 Å². The van der Waals surface area contributed by atoms with Gasteiger partial charge in [-0.15, -0.1) is 0 Å². The lowest BCUT2D eigenvalue weighted by molar-refractivity contribution is 0.564. The highest BCUT2D eigenvalue weighted by molar-refractivity contribution is 5.35. The summed E-state index contributed by atoms with van der Waals surface area (Å²) in [6, 6.07) is 6.36. The van der Waals surface area contributed by atoms with Crippen LogP contribution in [0, 0.1) is 19.7 Å². The summed E-state index contributed by atoms with van der Waals surface area (Å²) in [5.41, 5.74) is 6.34. The molecule has 0 radical (unpaired) electrons. The van der Waals surface area contributed by atoms with Crippen molar-refractivity contribution < 1.29 is 4.39 Å². The fourth-order valence-electron chi connectivity index (χ4n) is 2.16. The van der Waals surface area contributed by atoms with Gasteiger partial charge in [0.05, 0.1) is 17.4 Å². The van der Waals surface area contributed by atoms with E-state index >= 15 is 0 Å². The van der Waals surface area contributed by atoms with Crippen LogP contribution in [0.25, 0.3) is 0 Å². The van der Waals surface area contributed by atoms with Gasteiger partial charge in [-0.1, -0.05) is 6.07 Å². The smallest absolute Gasteiger partial charge is 0.123 e. The molecule has 3 N–H and O–H groups in total. The molecule has 2 rings (SSSR count). The zero-order valence-corrected chi connectivity index (χ0v) is 10.7. The van der Waals surface area contributed by atoms with Crippen LogP contribution >= 0.6 is 0 Å². The normalized spacial score (nSPS) is 12.7. The maximum Gasteiger partial charge on any atom is 0.123 e. The van der Waals surface area contributed by atoms with Crippen molar-refractivity contribution in [1.82, 2.24) is 15.2 Å². The van der Waals surface area contributed by atoms with Crippen molar-refractivity contribution >= 4 is 0 Å². The monoisotopic (exact) mass is 248 g/mol. The minimum atomic E-state index is -0.271. The molecule has 1 aromatic carbocycles. The summed E-state index contributed by atoms with van der Waals surface area (Å²) in [4.78, 5) is 0. The molecule has 0 bridgehead atoms. The van der Waals surface area contributed by atoms with E-state index in [1.165, 1.54) is 12.1 Å². The third-order valence-corrected chi connectivity index (χ3v) is 3.05. The number of nitrogens with one attached hydrogen (secondary N) is 1. The molecule has 0 aliphatic rings. The van der Waals surface area contributed by atoms with Crippen LogP contribution in [-0.4, -0.2) is 9.78 Å². The lowest BCUT2D eigenvalue weighted by Crippen LogP contribution is -2.31. The number of rotatable bonds is 3. The molecule has 96 valence electrons. The van der Waals surface area contributed by atoms with Crippen LogP contribution in [0.5, 0.6) is 0 Å². The Morgan fingerprint density at radius 3 is 2.61 bits per heavy atom. The van der Waals surface area contributed by atoms with Crippen LogP contribution in [0.2, 0.25) is 0 Å². The number of nitrogens with zero attached hydrogens (tertiary/aromatic N) is 2. The number of hydrazine groups is 1. The van der Waals surface area contributed by atoms with Crippen molar-refractivity contribution in [3.05, 3.63) is 52.6 Å². The summed E-state index contributed by atoms with van der Waals surface area (Å²) in [5, 5.41) is 4.28. The number of hydrogen-bond donors (Lipinski definition) is 2. The van der Waals surface area contributed by atoms with E-state index in [9.17, 15) is 4.39 Å². The van der Waals surface area contributed by atoms with Gasteiger partial charge in [0.15, 0.2) is 0 Å². The molecule has 18 heavy (non-hydrogen) atoms. The van der Waals surface area contributed by atoms with Gasteiger partial charge in [0.25, 0.3) is 0 Å². The molecule has 0 aliphatic heterocycles. The SMILES string of the molecule is Cc1cc(C(NN)c2cc(F)ccc2C)n(C)n1. The topological polar surface area (TPSA) is 55.9 Å². The summed E-state index contributed by atoms with van der Waals surface area (Å²) in [6.45, 7) is 3.85. The van der Waals surface area contributed by atoms with E-state index in [1.54, 1.807) is 10.7 Å². The minimum absolute atomic E-state index is 0.269. The van der Waals surface area contributed by atoms with Crippen LogP contribution < -0.4 is 11.3 Å². The fraction of sp³-hybridized carbons (Fsp3) is 0.308. The van der Waals surface area contributed by atoms with Gasteiger partial charge in [-0.2, -0.15) is 5.10 Å². The number of benzene rings is 1. The molecule has 2 aromatic rings. The number of halogens is 1. The number of aryl methyl sites for hydroxylation is 3. The molecule has 0 fully saturated rings. The van der Waals surface area contributed by atoms with Gasteiger partial charge in [0.2, 0.25) is 0 Å². The Kier molecular flexibility index (Phi) is 3.45. The van der Waals surface area contributed by atoms with Crippen molar-refractivity contribution in [2.75, 3.05) is 0 Å². The molecular weight excluding hydrogens is 231 g/mol. The predicted molar refractivity (Wildman–Crippen MR) is 68.2 cm³/mol. The van der Waals surface area contributed by atoms with Crippen molar-refractivity contribution in [3.63, 3.8) is 0 Å². The second kappa shape index (κ2) is 4.88. The van der Waals surface area contributed by atoms with Crippen molar-refractivity contribution in [2.24, 2.45) is 12.9 Å². The van der Waals surface area contributed by atoms with E-state index in [0.29, 0.717) is 0 Å². The first-order valence-electron chi connectivity index (χ1n) is 5.75. The van der Waals surface area contributed by atoms with Gasteiger partial charge in [-0.25, -0.2) is 9.82 Å². The highest BCUT2D eigenvalue weighted by Crippen LogP contribution is 2.25. The average molecular weight is 248 g/mol. The molecule has 1 atom stereocenters. The van der Waals surface area contributed by atoms with E-state index in [2.05, 4.69) is 10.5 Å². The zero-order valence-electron chi connectivity index (χ0n) is 10.7. The third kappa shape index (κ3) is 2.27. The Morgan fingerprint density at radius 2 is 2.06 bits per heavy atom. The first-order chi connectivity index (χ1) is 8.52. The van der Waals surface area contributed by atoms with E-state index in [-0.39, 0.29) is 11.9 Å². The highest BCUT2D eigenvalue weighted by atomic mass is 19.1. The van der Waals surface area contributed by atoms with Crippen LogP contribution in [0.1, 0.15) is 28.6 Å². The predicted octanol–water partition coefficient (Wildman–Crippen LogP) is 1.73. The minimum Gasteiger partial charge on any atom is -0.271 e. The molecule has 0 amide bonds. The Morgan fingerprint density at radius 1 is 1.33 bits per heavy atom. The molecule has 5 heteroatoms. The Bertz CT molecular complexity index is 562. The van der Waals surface area contributed by atoms with E-state index in [4.69, 9.17) is 5.84 Å². The highest BCUT2D eigenvalue weighted by Gasteiger charge is 2.19. The fourth-order valence-corrected chi connectivity index (χ4v) is 2.16. The van der Waals surface area contributed by atoms with Gasteiger partial charge >= 0.3 is 0 Å². The zero-order chi connectivity index (χ0) is 13.3. The summed E-state index contributed by atoms with van der Waals surface area (Å²) < 4.78 is 15.1. The molecular formula is C13H17FN4. The lowest BCUT2D eigenvalue weighted by atomic mass is 9.99. The summed E-state index contributed by atoms with van der Waals surface area (Å²) in [5.74, 6) is 5.35. The number of nitrogens with two attached hydrogens (primary N) is 1.